The summed E-state index contributed by atoms with van der Waals surface area (Å²) in [4.78, 5) is 29.2. The Morgan fingerprint density at radius 2 is 1.82 bits per heavy atom. The summed E-state index contributed by atoms with van der Waals surface area (Å²) in [7, 11) is 0. The molecule has 2 fully saturated rings. The zero-order valence-corrected chi connectivity index (χ0v) is 23.8. The molecule has 2 heterocycles. The molecule has 2 aromatic rings. The van der Waals surface area contributed by atoms with Gasteiger partial charge in [0.15, 0.2) is 0 Å². The third kappa shape index (κ3) is 7.49. The molecule has 0 radical (unpaired) electrons. The topological polar surface area (TPSA) is 71.1 Å². The van der Waals surface area contributed by atoms with Crippen LogP contribution >= 0.6 is 11.6 Å². The first-order chi connectivity index (χ1) is 18.1. The number of carbonyl (C=O) groups is 2. The number of likely N-dealkylation sites (tertiary alicyclic amines) is 1. The molecule has 2 saturated heterocycles. The highest BCUT2D eigenvalue weighted by molar-refractivity contribution is 6.32. The molecular weight excluding hydrogens is 502 g/mol. The van der Waals surface area contributed by atoms with Crippen LogP contribution in [-0.2, 0) is 20.9 Å². The number of morpholine rings is 1. The van der Waals surface area contributed by atoms with E-state index in [1.807, 2.05) is 30.9 Å². The zero-order chi connectivity index (χ0) is 27.3. The molecule has 2 aromatic carbocycles. The summed E-state index contributed by atoms with van der Waals surface area (Å²) in [6, 6.07) is 12.5. The normalized spacial score (nSPS) is 20.8. The Hall–Kier alpha value is -2.61. The molecule has 0 saturated carbocycles. The highest BCUT2D eigenvalue weighted by atomic mass is 35.5. The maximum Gasteiger partial charge on any atom is 0.225 e. The predicted molar refractivity (Wildman–Crippen MR) is 150 cm³/mol. The van der Waals surface area contributed by atoms with E-state index < -0.39 is 5.60 Å². The highest BCUT2D eigenvalue weighted by Crippen LogP contribution is 2.30. The number of nitrogens with zero attached hydrogens (tertiary/aromatic N) is 2. The number of benzene rings is 2. The number of aryl methyl sites for hydroxylation is 3. The van der Waals surface area contributed by atoms with E-state index in [4.69, 9.17) is 21.1 Å². The summed E-state index contributed by atoms with van der Waals surface area (Å²) in [5.74, 6) is 0.769. The molecule has 2 aliphatic rings. The van der Waals surface area contributed by atoms with Gasteiger partial charge in [-0.3, -0.25) is 14.5 Å². The van der Waals surface area contributed by atoms with E-state index in [1.54, 1.807) is 0 Å². The summed E-state index contributed by atoms with van der Waals surface area (Å²) in [6.07, 6.45) is 1.77. The second-order valence-corrected chi connectivity index (χ2v) is 11.3. The molecule has 0 aromatic heterocycles. The van der Waals surface area contributed by atoms with Crippen LogP contribution in [0.4, 0.5) is 0 Å². The van der Waals surface area contributed by atoms with Gasteiger partial charge in [0.2, 0.25) is 11.8 Å². The van der Waals surface area contributed by atoms with Crippen molar-refractivity contribution in [3.05, 3.63) is 63.7 Å². The number of hydrogen-bond donors (Lipinski definition) is 1. The highest BCUT2D eigenvalue weighted by Gasteiger charge is 2.41. The van der Waals surface area contributed by atoms with E-state index in [1.165, 1.54) is 18.1 Å². The van der Waals surface area contributed by atoms with Crippen LogP contribution in [0, 0.1) is 20.8 Å². The van der Waals surface area contributed by atoms with Crippen LogP contribution in [0.5, 0.6) is 5.75 Å². The Bertz CT molecular complexity index is 1130. The fourth-order valence-corrected chi connectivity index (χ4v) is 5.63. The van der Waals surface area contributed by atoms with Gasteiger partial charge in [-0.25, -0.2) is 0 Å². The van der Waals surface area contributed by atoms with Crippen molar-refractivity contribution in [2.75, 3.05) is 39.4 Å². The van der Waals surface area contributed by atoms with Crippen LogP contribution in [0.15, 0.2) is 36.4 Å². The summed E-state index contributed by atoms with van der Waals surface area (Å²) in [5, 5.41) is 3.72. The van der Waals surface area contributed by atoms with Gasteiger partial charge in [-0.05, 0) is 62.4 Å². The van der Waals surface area contributed by atoms with Gasteiger partial charge in [0.05, 0.1) is 13.0 Å². The van der Waals surface area contributed by atoms with E-state index in [0.717, 1.165) is 47.8 Å². The molecule has 1 atom stereocenters. The minimum atomic E-state index is -0.769. The number of nitrogens with one attached hydrogen (secondary N) is 1. The third-order valence-electron chi connectivity index (χ3n) is 7.46. The molecule has 7 nitrogen and oxygen atoms in total. The molecule has 38 heavy (non-hydrogen) atoms. The molecule has 0 aliphatic carbocycles. The third-order valence-corrected chi connectivity index (χ3v) is 8.05. The van der Waals surface area contributed by atoms with Crippen LogP contribution in [0.2, 0.25) is 5.02 Å². The van der Waals surface area contributed by atoms with Gasteiger partial charge in [0.1, 0.15) is 18.0 Å². The Labute approximate surface area is 231 Å². The number of carbonyl (C=O) groups excluding carboxylic acids is 2. The average molecular weight is 542 g/mol. The van der Waals surface area contributed by atoms with Gasteiger partial charge >= 0.3 is 0 Å². The van der Waals surface area contributed by atoms with E-state index in [9.17, 15) is 9.59 Å². The Morgan fingerprint density at radius 1 is 1.11 bits per heavy atom. The van der Waals surface area contributed by atoms with Crippen LogP contribution in [-0.4, -0.2) is 72.6 Å². The van der Waals surface area contributed by atoms with Crippen molar-refractivity contribution in [2.24, 2.45) is 0 Å². The van der Waals surface area contributed by atoms with Gasteiger partial charge in [-0.15, -0.1) is 0 Å². The average Bonchev–Trinajstić information content (AvgIpc) is 2.86. The van der Waals surface area contributed by atoms with Crippen molar-refractivity contribution in [3.8, 4) is 5.75 Å². The van der Waals surface area contributed by atoms with Gasteiger partial charge < -0.3 is 19.7 Å². The summed E-state index contributed by atoms with van der Waals surface area (Å²) >= 11 is 6.37. The first-order valence-electron chi connectivity index (χ1n) is 13.5. The Morgan fingerprint density at radius 3 is 2.47 bits per heavy atom. The largest absolute Gasteiger partial charge is 0.490 e. The molecular formula is C30H40ClN3O4. The van der Waals surface area contributed by atoms with Crippen LogP contribution in [0.1, 0.15) is 48.4 Å². The Balaban J connectivity index is 1.48. The minimum Gasteiger partial charge on any atom is -0.490 e. The second kappa shape index (κ2) is 12.5. The number of amides is 2. The molecule has 206 valence electrons. The Kier molecular flexibility index (Phi) is 9.34. The van der Waals surface area contributed by atoms with Gasteiger partial charge in [0, 0.05) is 50.7 Å². The van der Waals surface area contributed by atoms with Gasteiger partial charge in [-0.2, -0.15) is 0 Å². The van der Waals surface area contributed by atoms with Crippen molar-refractivity contribution in [1.82, 2.24) is 15.1 Å². The van der Waals surface area contributed by atoms with E-state index in [2.05, 4.69) is 41.4 Å². The number of hydrogen-bond acceptors (Lipinski definition) is 5. The van der Waals surface area contributed by atoms with Crippen LogP contribution in [0.25, 0.3) is 0 Å². The van der Waals surface area contributed by atoms with Gasteiger partial charge in [-0.1, -0.05) is 41.4 Å². The molecule has 0 spiro atoms. The predicted octanol–water partition coefficient (Wildman–Crippen LogP) is 4.43. The number of halogens is 1. The minimum absolute atomic E-state index is 0.0251. The second-order valence-electron chi connectivity index (χ2n) is 10.9. The molecule has 0 bridgehead atoms. The van der Waals surface area contributed by atoms with Crippen molar-refractivity contribution >= 4 is 23.4 Å². The number of rotatable bonds is 8. The van der Waals surface area contributed by atoms with E-state index >= 15 is 0 Å². The van der Waals surface area contributed by atoms with Crippen molar-refractivity contribution in [1.29, 1.82) is 0 Å². The number of piperidine rings is 1. The first kappa shape index (κ1) is 28.4. The molecule has 1 N–H and O–H groups in total. The van der Waals surface area contributed by atoms with Crippen LogP contribution in [0.3, 0.4) is 0 Å². The molecule has 8 heteroatoms. The fraction of sp³-hybridized carbons (Fsp3) is 0.533. The smallest absolute Gasteiger partial charge is 0.225 e. The molecule has 2 aliphatic heterocycles. The standard InChI is InChI=1S/C30H40ClN3O4/c1-21-6-5-7-25(14-21)18-33-12-13-38-30(19-33,20-37-27-15-22(2)29(31)23(3)16-27)17-28(36)34-10-8-26(9-11-34)32-24(4)35/h5-7,14-16,26H,8-13,17-20H2,1-4H3,(H,32,35)/t30-/m1/s1. The molecule has 0 unspecified atom stereocenters. The monoisotopic (exact) mass is 541 g/mol. The summed E-state index contributed by atoms with van der Waals surface area (Å²) < 4.78 is 12.7. The zero-order valence-electron chi connectivity index (χ0n) is 23.0. The molecule has 4 rings (SSSR count). The number of ether oxygens (including phenoxy) is 2. The van der Waals surface area contributed by atoms with E-state index in [0.29, 0.717) is 26.2 Å². The van der Waals surface area contributed by atoms with E-state index in [-0.39, 0.29) is 30.9 Å². The maximum absolute atomic E-state index is 13.5. The lowest BCUT2D eigenvalue weighted by atomic mass is 9.95. The summed E-state index contributed by atoms with van der Waals surface area (Å²) in [5.41, 5.74) is 3.63. The summed E-state index contributed by atoms with van der Waals surface area (Å²) in [6.45, 7) is 11.8. The van der Waals surface area contributed by atoms with Crippen molar-refractivity contribution in [2.45, 2.75) is 65.1 Å². The lowest BCUT2D eigenvalue weighted by Gasteiger charge is -2.43. The van der Waals surface area contributed by atoms with Gasteiger partial charge in [0.25, 0.3) is 0 Å². The fourth-order valence-electron chi connectivity index (χ4n) is 5.52. The lowest BCUT2D eigenvalue weighted by Crippen LogP contribution is -2.57. The van der Waals surface area contributed by atoms with Crippen molar-refractivity contribution < 1.29 is 19.1 Å². The maximum atomic E-state index is 13.5. The quantitative estimate of drug-likeness (QED) is 0.535. The van der Waals surface area contributed by atoms with Crippen molar-refractivity contribution in [3.63, 3.8) is 0 Å². The lowest BCUT2D eigenvalue weighted by molar-refractivity contribution is -0.157. The first-order valence-corrected chi connectivity index (χ1v) is 13.9. The van der Waals surface area contributed by atoms with Crippen LogP contribution < -0.4 is 10.1 Å². The molecule has 2 amide bonds. The SMILES string of the molecule is CC(=O)NC1CCN(C(=O)C[C@]2(COc3cc(C)c(Cl)c(C)c3)CN(Cc3cccc(C)c3)CCO2)CC1.